The number of carbonyl (C=O) groups is 1. The summed E-state index contributed by atoms with van der Waals surface area (Å²) in [5, 5.41) is 10.4. The Balaban J connectivity index is 2.30. The van der Waals surface area contributed by atoms with Gasteiger partial charge in [0, 0.05) is 9.13 Å². The minimum atomic E-state index is -0.919. The molecule has 0 aliphatic heterocycles. The van der Waals surface area contributed by atoms with Crippen LogP contribution in [0, 0.1) is 16.3 Å². The Kier molecular flexibility index (Phi) is 6.60. The number of aryl methyl sites for hydroxylation is 2. The number of anilines is 1. The highest BCUT2D eigenvalue weighted by Gasteiger charge is 2.20. The summed E-state index contributed by atoms with van der Waals surface area (Å²) in [6.45, 7) is 3.85. The lowest BCUT2D eigenvalue weighted by Gasteiger charge is -2.19. The van der Waals surface area contributed by atoms with Crippen molar-refractivity contribution in [3.05, 3.63) is 56.4 Å². The Morgan fingerprint density at radius 3 is 2.72 bits per heavy atom. The molecule has 7 heteroatoms. The molecule has 2 rings (SSSR count). The van der Waals surface area contributed by atoms with Crippen LogP contribution in [0.25, 0.3) is 0 Å². The summed E-state index contributed by atoms with van der Waals surface area (Å²) in [6, 6.07) is 8.16. The third-order valence-electron chi connectivity index (χ3n) is 3.81. The van der Waals surface area contributed by atoms with Gasteiger partial charge in [0.1, 0.15) is 6.61 Å². The van der Waals surface area contributed by atoms with Gasteiger partial charge in [-0.2, -0.15) is 5.06 Å². The van der Waals surface area contributed by atoms with E-state index < -0.39 is 11.9 Å². The zero-order valence-electron chi connectivity index (χ0n) is 14.2. The highest BCUT2D eigenvalue weighted by molar-refractivity contribution is 14.1. The largest absolute Gasteiger partial charge is 0.486 e. The SMILES string of the molecule is CCc1cc(F)c(OCc2c(I)cccc2N(O)C(=O)OC)cc1C. The molecular formula is C18H19FINO4. The van der Waals surface area contributed by atoms with E-state index in [1.807, 2.05) is 13.8 Å². The van der Waals surface area contributed by atoms with E-state index in [1.165, 1.54) is 13.2 Å². The topological polar surface area (TPSA) is 59.0 Å². The number of hydrogen-bond donors (Lipinski definition) is 1. The lowest BCUT2D eigenvalue weighted by atomic mass is 10.1. The van der Waals surface area contributed by atoms with E-state index in [-0.39, 0.29) is 18.0 Å². The maximum absolute atomic E-state index is 14.2. The molecule has 0 heterocycles. The normalized spacial score (nSPS) is 10.5. The molecule has 0 radical (unpaired) electrons. The predicted octanol–water partition coefficient (Wildman–Crippen LogP) is 4.84. The van der Waals surface area contributed by atoms with Crippen molar-refractivity contribution >= 4 is 34.4 Å². The highest BCUT2D eigenvalue weighted by atomic mass is 127. The molecule has 2 aromatic carbocycles. The zero-order chi connectivity index (χ0) is 18.6. The van der Waals surface area contributed by atoms with Crippen LogP contribution in [0.3, 0.4) is 0 Å². The van der Waals surface area contributed by atoms with Crippen LogP contribution in [0.2, 0.25) is 0 Å². The molecule has 0 bridgehead atoms. The van der Waals surface area contributed by atoms with Gasteiger partial charge in [-0.15, -0.1) is 0 Å². The molecule has 25 heavy (non-hydrogen) atoms. The van der Waals surface area contributed by atoms with Crippen molar-refractivity contribution in [2.24, 2.45) is 0 Å². The third kappa shape index (κ3) is 4.40. The fourth-order valence-corrected chi connectivity index (χ4v) is 3.05. The second-order valence-corrected chi connectivity index (χ2v) is 6.53. The Bertz CT molecular complexity index is 782. The molecule has 0 spiro atoms. The van der Waals surface area contributed by atoms with Crippen LogP contribution in [0.1, 0.15) is 23.6 Å². The van der Waals surface area contributed by atoms with Gasteiger partial charge in [0.25, 0.3) is 0 Å². The fourth-order valence-electron chi connectivity index (χ4n) is 2.41. The number of hydrogen-bond acceptors (Lipinski definition) is 4. The molecule has 0 unspecified atom stereocenters. The van der Waals surface area contributed by atoms with Gasteiger partial charge in [-0.1, -0.05) is 13.0 Å². The second-order valence-electron chi connectivity index (χ2n) is 5.37. The van der Waals surface area contributed by atoms with E-state index in [2.05, 4.69) is 27.3 Å². The number of nitrogens with zero attached hydrogens (tertiary/aromatic N) is 1. The summed E-state index contributed by atoms with van der Waals surface area (Å²) >= 11 is 2.06. The van der Waals surface area contributed by atoms with Crippen molar-refractivity contribution in [2.45, 2.75) is 26.9 Å². The van der Waals surface area contributed by atoms with Crippen molar-refractivity contribution in [3.63, 3.8) is 0 Å². The van der Waals surface area contributed by atoms with Gasteiger partial charge in [-0.05, 0) is 71.3 Å². The molecular weight excluding hydrogens is 440 g/mol. The number of carbonyl (C=O) groups excluding carboxylic acids is 1. The Morgan fingerprint density at radius 1 is 1.36 bits per heavy atom. The van der Waals surface area contributed by atoms with Gasteiger partial charge < -0.3 is 9.47 Å². The van der Waals surface area contributed by atoms with Gasteiger partial charge in [0.2, 0.25) is 0 Å². The lowest BCUT2D eigenvalue weighted by molar-refractivity contribution is 0.140. The summed E-state index contributed by atoms with van der Waals surface area (Å²) in [6.07, 6.45) is -0.180. The van der Waals surface area contributed by atoms with Crippen LogP contribution in [0.4, 0.5) is 14.9 Å². The molecule has 0 atom stereocenters. The summed E-state index contributed by atoms with van der Waals surface area (Å²) < 4.78 is 25.1. The minimum Gasteiger partial charge on any atom is -0.486 e. The number of hydroxylamine groups is 1. The minimum absolute atomic E-state index is 0.00959. The van der Waals surface area contributed by atoms with Crippen LogP contribution < -0.4 is 9.80 Å². The summed E-state index contributed by atoms with van der Waals surface area (Å²) in [5.74, 6) is -0.313. The Labute approximate surface area is 159 Å². The molecule has 2 aromatic rings. The number of rotatable bonds is 5. The summed E-state index contributed by atoms with van der Waals surface area (Å²) in [5.41, 5.74) is 2.64. The van der Waals surface area contributed by atoms with Gasteiger partial charge in [-0.3, -0.25) is 5.21 Å². The van der Waals surface area contributed by atoms with Crippen molar-refractivity contribution in [2.75, 3.05) is 12.2 Å². The molecule has 5 nitrogen and oxygen atoms in total. The Hall–Kier alpha value is -1.87. The first-order valence-electron chi connectivity index (χ1n) is 7.65. The fraction of sp³-hybridized carbons (Fsp3) is 0.278. The summed E-state index contributed by atoms with van der Waals surface area (Å²) in [4.78, 5) is 11.6. The van der Waals surface area contributed by atoms with Gasteiger partial charge in [0.15, 0.2) is 11.6 Å². The highest BCUT2D eigenvalue weighted by Crippen LogP contribution is 2.28. The molecule has 1 N–H and O–H groups in total. The molecule has 1 amide bonds. The van der Waals surface area contributed by atoms with E-state index in [0.717, 1.165) is 21.1 Å². The average Bonchev–Trinajstić information content (AvgIpc) is 2.61. The maximum Gasteiger partial charge on any atom is 0.438 e. The molecule has 0 saturated carbocycles. The number of amides is 1. The lowest BCUT2D eigenvalue weighted by Crippen LogP contribution is -2.28. The standard InChI is InChI=1S/C18H19FINO4/c1-4-12-9-14(19)17(8-11(12)2)25-10-13-15(20)6-5-7-16(13)21(23)18(22)24-3/h5-9,23H,4,10H2,1-3H3. The van der Waals surface area contributed by atoms with Crippen molar-refractivity contribution < 1.29 is 23.9 Å². The molecule has 0 aliphatic rings. The van der Waals surface area contributed by atoms with Crippen molar-refractivity contribution in [3.8, 4) is 5.75 Å². The predicted molar refractivity (Wildman–Crippen MR) is 101 cm³/mol. The first-order valence-corrected chi connectivity index (χ1v) is 8.73. The first-order chi connectivity index (χ1) is 11.9. The summed E-state index contributed by atoms with van der Waals surface area (Å²) in [7, 11) is 1.17. The van der Waals surface area contributed by atoms with E-state index in [1.54, 1.807) is 24.3 Å². The van der Waals surface area contributed by atoms with E-state index >= 15 is 0 Å². The zero-order valence-corrected chi connectivity index (χ0v) is 16.3. The van der Waals surface area contributed by atoms with Crippen LogP contribution in [0.15, 0.2) is 30.3 Å². The second kappa shape index (κ2) is 8.48. The van der Waals surface area contributed by atoms with E-state index in [9.17, 15) is 14.4 Å². The number of ether oxygens (including phenoxy) is 2. The van der Waals surface area contributed by atoms with Crippen molar-refractivity contribution in [1.29, 1.82) is 0 Å². The molecule has 0 aliphatic carbocycles. The van der Waals surface area contributed by atoms with Crippen LogP contribution in [-0.2, 0) is 17.8 Å². The average molecular weight is 459 g/mol. The smallest absolute Gasteiger partial charge is 0.438 e. The maximum atomic E-state index is 14.2. The van der Waals surface area contributed by atoms with Gasteiger partial charge in [-0.25, -0.2) is 9.18 Å². The quantitative estimate of drug-likeness (QED) is 0.395. The molecule has 0 aromatic heterocycles. The van der Waals surface area contributed by atoms with Gasteiger partial charge in [0.05, 0.1) is 12.8 Å². The Morgan fingerprint density at radius 2 is 2.08 bits per heavy atom. The van der Waals surface area contributed by atoms with Gasteiger partial charge >= 0.3 is 6.09 Å². The van der Waals surface area contributed by atoms with Crippen LogP contribution in [-0.4, -0.2) is 18.4 Å². The third-order valence-corrected chi connectivity index (χ3v) is 4.82. The monoisotopic (exact) mass is 459 g/mol. The van der Waals surface area contributed by atoms with E-state index in [4.69, 9.17) is 4.74 Å². The molecule has 134 valence electrons. The molecule has 0 saturated heterocycles. The number of benzene rings is 2. The number of methoxy groups -OCH3 is 1. The van der Waals surface area contributed by atoms with Crippen LogP contribution >= 0.6 is 22.6 Å². The van der Waals surface area contributed by atoms with Crippen molar-refractivity contribution in [1.82, 2.24) is 0 Å². The van der Waals surface area contributed by atoms with Crippen LogP contribution in [0.5, 0.6) is 5.75 Å². The molecule has 0 fully saturated rings. The number of halogens is 2. The van der Waals surface area contributed by atoms with E-state index in [0.29, 0.717) is 10.6 Å². The first kappa shape index (κ1) is 19.5.